The lowest BCUT2D eigenvalue weighted by Crippen LogP contribution is -2.23. The number of nitrogens with zero attached hydrogens (tertiary/aromatic N) is 4. The fraction of sp³-hybridized carbons (Fsp3) is 0.421. The molecule has 8 nitrogen and oxygen atoms in total. The van der Waals surface area contributed by atoms with E-state index in [0.717, 1.165) is 12.0 Å². The molecule has 0 aliphatic carbocycles. The number of carbonyl (C=O) groups is 1. The van der Waals surface area contributed by atoms with Crippen molar-refractivity contribution in [2.24, 2.45) is 0 Å². The Bertz CT molecular complexity index is 1010. The van der Waals surface area contributed by atoms with Crippen molar-refractivity contribution in [3.05, 3.63) is 52.2 Å². The molecule has 0 fully saturated rings. The first kappa shape index (κ1) is 18.8. The Morgan fingerprint density at radius 2 is 2.19 bits per heavy atom. The predicted molar refractivity (Wildman–Crippen MR) is 98.2 cm³/mol. The summed E-state index contributed by atoms with van der Waals surface area (Å²) >= 11 is 0. The number of aryl methyl sites for hydroxylation is 3. The highest BCUT2D eigenvalue weighted by Crippen LogP contribution is 2.16. The number of ether oxygens (including phenoxy) is 1. The molecule has 0 amide bonds. The van der Waals surface area contributed by atoms with Crippen molar-refractivity contribution in [2.45, 2.75) is 52.7 Å². The van der Waals surface area contributed by atoms with E-state index in [2.05, 4.69) is 15.1 Å². The number of hydrogen-bond donors (Lipinski definition) is 0. The molecule has 0 spiro atoms. The van der Waals surface area contributed by atoms with E-state index >= 15 is 0 Å². The van der Waals surface area contributed by atoms with Crippen LogP contribution in [0.4, 0.5) is 0 Å². The molecule has 2 aromatic heterocycles. The van der Waals surface area contributed by atoms with Crippen molar-refractivity contribution in [3.63, 3.8) is 0 Å². The molecule has 0 saturated heterocycles. The summed E-state index contributed by atoms with van der Waals surface area (Å²) in [6, 6.07) is 5.46. The summed E-state index contributed by atoms with van der Waals surface area (Å²) in [5.41, 5.74) is 1.44. The number of carbonyl (C=O) groups excluding carboxylic acids is 1. The van der Waals surface area contributed by atoms with Crippen molar-refractivity contribution in [1.82, 2.24) is 19.7 Å². The summed E-state index contributed by atoms with van der Waals surface area (Å²) in [7, 11) is 0. The molecule has 1 atom stereocenters. The lowest BCUT2D eigenvalue weighted by atomic mass is 10.1. The SMILES string of the molecule is CCCc1noc(C(C)OC(=O)CCn2cnc3c(C)cccc3c2=O)n1. The van der Waals surface area contributed by atoms with Gasteiger partial charge in [0.15, 0.2) is 11.9 Å². The van der Waals surface area contributed by atoms with Crippen LogP contribution in [0.2, 0.25) is 0 Å². The van der Waals surface area contributed by atoms with Gasteiger partial charge in [-0.15, -0.1) is 0 Å². The first-order valence-electron chi connectivity index (χ1n) is 8.96. The largest absolute Gasteiger partial charge is 0.452 e. The van der Waals surface area contributed by atoms with Gasteiger partial charge in [0.25, 0.3) is 11.4 Å². The molecule has 8 heteroatoms. The standard InChI is InChI=1S/C19H22N4O4/c1-4-6-15-21-18(27-22-15)13(3)26-16(24)9-10-23-11-20-17-12(2)7-5-8-14(17)19(23)25/h5,7-8,11,13H,4,6,9-10H2,1-3H3. The Balaban J connectivity index is 1.62. The van der Waals surface area contributed by atoms with E-state index in [1.807, 2.05) is 26.0 Å². The minimum Gasteiger partial charge on any atom is -0.452 e. The van der Waals surface area contributed by atoms with Gasteiger partial charge in [-0.25, -0.2) is 4.98 Å². The third-order valence-corrected chi connectivity index (χ3v) is 4.23. The van der Waals surface area contributed by atoms with Crippen LogP contribution >= 0.6 is 0 Å². The Kier molecular flexibility index (Phi) is 5.63. The third kappa shape index (κ3) is 4.21. The van der Waals surface area contributed by atoms with Gasteiger partial charge in [0.1, 0.15) is 0 Å². The molecule has 0 aliphatic heterocycles. The second-order valence-corrected chi connectivity index (χ2v) is 6.40. The monoisotopic (exact) mass is 370 g/mol. The van der Waals surface area contributed by atoms with E-state index in [0.29, 0.717) is 23.1 Å². The molecule has 3 aromatic rings. The van der Waals surface area contributed by atoms with Crippen LogP contribution in [0.25, 0.3) is 10.9 Å². The van der Waals surface area contributed by atoms with Crippen LogP contribution in [0.1, 0.15) is 50.1 Å². The number of rotatable bonds is 7. The molecule has 27 heavy (non-hydrogen) atoms. The maximum Gasteiger partial charge on any atom is 0.308 e. The summed E-state index contributed by atoms with van der Waals surface area (Å²) in [6.45, 7) is 5.78. The first-order valence-corrected chi connectivity index (χ1v) is 8.96. The topological polar surface area (TPSA) is 100 Å². The Morgan fingerprint density at radius 3 is 2.96 bits per heavy atom. The molecule has 142 valence electrons. The fourth-order valence-corrected chi connectivity index (χ4v) is 2.77. The molecule has 0 saturated carbocycles. The van der Waals surface area contributed by atoms with Gasteiger partial charge >= 0.3 is 5.97 Å². The van der Waals surface area contributed by atoms with Gasteiger partial charge < -0.3 is 9.26 Å². The zero-order valence-electron chi connectivity index (χ0n) is 15.6. The molecular formula is C19H22N4O4. The maximum absolute atomic E-state index is 12.5. The van der Waals surface area contributed by atoms with E-state index < -0.39 is 12.1 Å². The summed E-state index contributed by atoms with van der Waals surface area (Å²) < 4.78 is 11.9. The van der Waals surface area contributed by atoms with Crippen molar-refractivity contribution in [1.29, 1.82) is 0 Å². The number of esters is 1. The Morgan fingerprint density at radius 1 is 1.37 bits per heavy atom. The second kappa shape index (κ2) is 8.11. The van der Waals surface area contributed by atoms with Crippen molar-refractivity contribution < 1.29 is 14.1 Å². The molecule has 0 N–H and O–H groups in total. The molecule has 1 unspecified atom stereocenters. The first-order chi connectivity index (χ1) is 13.0. The van der Waals surface area contributed by atoms with Crippen LogP contribution in [0.3, 0.4) is 0 Å². The van der Waals surface area contributed by atoms with Gasteiger partial charge in [-0.1, -0.05) is 24.2 Å². The highest BCUT2D eigenvalue weighted by atomic mass is 16.6. The number of hydrogen-bond acceptors (Lipinski definition) is 7. The molecule has 2 heterocycles. The van der Waals surface area contributed by atoms with Crippen LogP contribution in [0.15, 0.2) is 33.8 Å². The van der Waals surface area contributed by atoms with Crippen LogP contribution < -0.4 is 5.56 Å². The number of benzene rings is 1. The Hall–Kier alpha value is -3.03. The summed E-state index contributed by atoms with van der Waals surface area (Å²) in [6.07, 6.45) is 2.48. The summed E-state index contributed by atoms with van der Waals surface area (Å²) in [4.78, 5) is 33.2. The minimum absolute atomic E-state index is 0.0409. The average molecular weight is 370 g/mol. The van der Waals surface area contributed by atoms with Gasteiger partial charge in [0, 0.05) is 13.0 Å². The van der Waals surface area contributed by atoms with Gasteiger partial charge in [0.05, 0.1) is 23.7 Å². The van der Waals surface area contributed by atoms with E-state index in [1.54, 1.807) is 13.0 Å². The normalized spacial score (nSPS) is 12.3. The summed E-state index contributed by atoms with van der Waals surface area (Å²) in [5, 5.41) is 4.38. The molecular weight excluding hydrogens is 348 g/mol. The van der Waals surface area contributed by atoms with Crippen LogP contribution in [0.5, 0.6) is 0 Å². The van der Waals surface area contributed by atoms with Crippen molar-refractivity contribution in [3.8, 4) is 0 Å². The average Bonchev–Trinajstić information content (AvgIpc) is 3.11. The smallest absolute Gasteiger partial charge is 0.308 e. The summed E-state index contributed by atoms with van der Waals surface area (Å²) in [5.74, 6) is 0.417. The van der Waals surface area contributed by atoms with E-state index in [9.17, 15) is 9.59 Å². The van der Waals surface area contributed by atoms with E-state index in [-0.39, 0.29) is 24.4 Å². The lowest BCUT2D eigenvalue weighted by molar-refractivity contribution is -0.150. The second-order valence-electron chi connectivity index (χ2n) is 6.40. The van der Waals surface area contributed by atoms with Gasteiger partial charge in [-0.05, 0) is 31.9 Å². The highest BCUT2D eigenvalue weighted by Gasteiger charge is 2.18. The quantitative estimate of drug-likeness (QED) is 0.589. The lowest BCUT2D eigenvalue weighted by Gasteiger charge is -2.10. The predicted octanol–water partition coefficient (Wildman–Crippen LogP) is 2.73. The minimum atomic E-state index is -0.635. The van der Waals surface area contributed by atoms with Crippen molar-refractivity contribution >= 4 is 16.9 Å². The Labute approximate surface area is 156 Å². The van der Waals surface area contributed by atoms with Crippen LogP contribution in [0, 0.1) is 6.92 Å². The molecule has 0 bridgehead atoms. The molecule has 0 aliphatic rings. The molecule has 0 radical (unpaired) electrons. The van der Waals surface area contributed by atoms with Crippen LogP contribution in [-0.2, 0) is 22.5 Å². The van der Waals surface area contributed by atoms with Gasteiger partial charge in [-0.3, -0.25) is 14.2 Å². The zero-order valence-corrected chi connectivity index (χ0v) is 15.6. The number of fused-ring (bicyclic) bond motifs is 1. The number of para-hydroxylation sites is 1. The third-order valence-electron chi connectivity index (χ3n) is 4.23. The molecule has 3 rings (SSSR count). The van der Waals surface area contributed by atoms with E-state index in [4.69, 9.17) is 9.26 Å². The zero-order chi connectivity index (χ0) is 19.4. The van der Waals surface area contributed by atoms with E-state index in [1.165, 1.54) is 10.9 Å². The van der Waals surface area contributed by atoms with Gasteiger partial charge in [0.2, 0.25) is 0 Å². The number of aromatic nitrogens is 4. The fourth-order valence-electron chi connectivity index (χ4n) is 2.77. The van der Waals surface area contributed by atoms with Crippen molar-refractivity contribution in [2.75, 3.05) is 0 Å². The molecule has 1 aromatic carbocycles. The maximum atomic E-state index is 12.5. The van der Waals surface area contributed by atoms with Gasteiger partial charge in [-0.2, -0.15) is 4.98 Å². The highest BCUT2D eigenvalue weighted by molar-refractivity contribution is 5.80. The van der Waals surface area contributed by atoms with Crippen LogP contribution in [-0.4, -0.2) is 25.7 Å².